The minimum absolute atomic E-state index is 0.211. The molecule has 0 spiro atoms. The molecule has 0 radical (unpaired) electrons. The lowest BCUT2D eigenvalue weighted by Gasteiger charge is -2.20. The number of nitrogens with zero attached hydrogens (tertiary/aromatic N) is 2. The standard InChI is InChI=1S/C22H17ClN2O4/c23-17-8-6-16(7-9-17)19-12-20(21-5-2-10-28-21)25(24-19)22(27)14-29-18-4-1-3-15(11-18)13-26/h1-11,13,20H,12,14H2/t20-/m0/s1. The van der Waals surface area contributed by atoms with Crippen molar-refractivity contribution in [1.29, 1.82) is 0 Å². The van der Waals surface area contributed by atoms with Crippen LogP contribution in [0.3, 0.4) is 0 Å². The van der Waals surface area contributed by atoms with Crippen molar-refractivity contribution in [3.8, 4) is 5.75 Å². The fraction of sp³-hybridized carbons (Fsp3) is 0.136. The van der Waals surface area contributed by atoms with Gasteiger partial charge < -0.3 is 9.15 Å². The number of benzene rings is 2. The molecule has 0 unspecified atom stereocenters. The van der Waals surface area contributed by atoms with Crippen LogP contribution in [0.4, 0.5) is 0 Å². The van der Waals surface area contributed by atoms with Crippen LogP contribution in [0, 0.1) is 0 Å². The molecule has 6 nitrogen and oxygen atoms in total. The molecule has 29 heavy (non-hydrogen) atoms. The number of hydrogen-bond donors (Lipinski definition) is 0. The van der Waals surface area contributed by atoms with Gasteiger partial charge in [-0.1, -0.05) is 35.9 Å². The van der Waals surface area contributed by atoms with E-state index < -0.39 is 0 Å². The van der Waals surface area contributed by atoms with Crippen molar-refractivity contribution >= 4 is 29.5 Å². The number of hydrogen-bond acceptors (Lipinski definition) is 5. The molecule has 1 aliphatic heterocycles. The summed E-state index contributed by atoms with van der Waals surface area (Å²) < 4.78 is 11.1. The molecule has 0 bridgehead atoms. The van der Waals surface area contributed by atoms with Crippen molar-refractivity contribution in [2.75, 3.05) is 6.61 Å². The molecular weight excluding hydrogens is 392 g/mol. The molecule has 0 aliphatic carbocycles. The van der Waals surface area contributed by atoms with Crippen molar-refractivity contribution in [3.63, 3.8) is 0 Å². The van der Waals surface area contributed by atoms with Crippen molar-refractivity contribution in [2.24, 2.45) is 5.10 Å². The number of carbonyl (C=O) groups excluding carboxylic acids is 2. The van der Waals surface area contributed by atoms with Crippen molar-refractivity contribution < 1.29 is 18.7 Å². The number of rotatable bonds is 6. The van der Waals surface area contributed by atoms with E-state index in [2.05, 4.69) is 5.10 Å². The first-order valence-corrected chi connectivity index (χ1v) is 9.39. The second-order valence-electron chi connectivity index (χ2n) is 6.51. The number of hydrazone groups is 1. The number of carbonyl (C=O) groups is 2. The maximum absolute atomic E-state index is 12.9. The Morgan fingerprint density at radius 2 is 2.03 bits per heavy atom. The molecular formula is C22H17ClN2O4. The summed E-state index contributed by atoms with van der Waals surface area (Å²) in [5.74, 6) is 0.777. The van der Waals surface area contributed by atoms with E-state index in [-0.39, 0.29) is 18.6 Å². The molecule has 146 valence electrons. The van der Waals surface area contributed by atoms with E-state index in [0.717, 1.165) is 17.6 Å². The molecule has 0 saturated carbocycles. The van der Waals surface area contributed by atoms with E-state index in [4.69, 9.17) is 20.8 Å². The van der Waals surface area contributed by atoms with Gasteiger partial charge in [-0.2, -0.15) is 5.10 Å². The summed E-state index contributed by atoms with van der Waals surface area (Å²) in [7, 11) is 0. The molecule has 4 rings (SSSR count). The third kappa shape index (κ3) is 4.22. The first kappa shape index (κ1) is 19.0. The van der Waals surface area contributed by atoms with Crippen LogP contribution >= 0.6 is 11.6 Å². The van der Waals surface area contributed by atoms with Crippen molar-refractivity contribution in [2.45, 2.75) is 12.5 Å². The molecule has 0 fully saturated rings. The first-order valence-electron chi connectivity index (χ1n) is 9.01. The Kier molecular flexibility index (Phi) is 5.44. The van der Waals surface area contributed by atoms with Crippen molar-refractivity contribution in [3.05, 3.63) is 88.8 Å². The topological polar surface area (TPSA) is 72.1 Å². The van der Waals surface area contributed by atoms with Gasteiger partial charge in [0.05, 0.1) is 12.0 Å². The number of aldehydes is 1. The number of furan rings is 1. The fourth-order valence-electron chi connectivity index (χ4n) is 3.15. The lowest BCUT2D eigenvalue weighted by molar-refractivity contribution is -0.135. The molecule has 1 amide bonds. The summed E-state index contributed by atoms with van der Waals surface area (Å²) in [4.78, 5) is 23.8. The summed E-state index contributed by atoms with van der Waals surface area (Å²) in [5.41, 5.74) is 2.13. The van der Waals surface area contributed by atoms with Crippen LogP contribution in [0.2, 0.25) is 5.02 Å². The smallest absolute Gasteiger partial charge is 0.281 e. The van der Waals surface area contributed by atoms with Gasteiger partial charge in [0.1, 0.15) is 23.8 Å². The molecule has 0 saturated heterocycles. The van der Waals surface area contributed by atoms with Gasteiger partial charge in [-0.15, -0.1) is 0 Å². The number of ether oxygens (including phenoxy) is 1. The lowest BCUT2D eigenvalue weighted by atomic mass is 10.0. The average Bonchev–Trinajstić information content (AvgIpc) is 3.42. The van der Waals surface area contributed by atoms with E-state index in [1.54, 1.807) is 48.7 Å². The third-order valence-corrected chi connectivity index (χ3v) is 4.82. The summed E-state index contributed by atoms with van der Waals surface area (Å²) in [6.07, 6.45) is 2.81. The second kappa shape index (κ2) is 8.32. The van der Waals surface area contributed by atoms with Gasteiger partial charge in [0, 0.05) is 17.0 Å². The van der Waals surface area contributed by atoms with Crippen LogP contribution in [0.25, 0.3) is 0 Å². The van der Waals surface area contributed by atoms with Gasteiger partial charge in [-0.25, -0.2) is 5.01 Å². The summed E-state index contributed by atoms with van der Waals surface area (Å²) in [6, 6.07) is 17.2. The van der Waals surface area contributed by atoms with Crippen LogP contribution in [-0.2, 0) is 4.79 Å². The molecule has 1 aromatic heterocycles. The van der Waals surface area contributed by atoms with Crippen LogP contribution in [0.5, 0.6) is 5.75 Å². The Balaban J connectivity index is 1.54. The minimum Gasteiger partial charge on any atom is -0.484 e. The fourth-order valence-corrected chi connectivity index (χ4v) is 3.27. The van der Waals surface area contributed by atoms with Gasteiger partial charge in [0.15, 0.2) is 6.61 Å². The van der Waals surface area contributed by atoms with Crippen molar-refractivity contribution in [1.82, 2.24) is 5.01 Å². The van der Waals surface area contributed by atoms with Gasteiger partial charge in [0.2, 0.25) is 0 Å². The van der Waals surface area contributed by atoms with Crippen LogP contribution in [0.15, 0.2) is 76.4 Å². The highest BCUT2D eigenvalue weighted by atomic mass is 35.5. The van der Waals surface area contributed by atoms with Gasteiger partial charge >= 0.3 is 0 Å². The van der Waals surface area contributed by atoms with Gasteiger partial charge in [-0.3, -0.25) is 9.59 Å². The Bertz CT molecular complexity index is 1040. The summed E-state index contributed by atoms with van der Waals surface area (Å²) in [5, 5.41) is 6.56. The maximum atomic E-state index is 12.9. The maximum Gasteiger partial charge on any atom is 0.281 e. The molecule has 1 aliphatic rings. The molecule has 0 N–H and O–H groups in total. The SMILES string of the molecule is O=Cc1cccc(OCC(=O)N2N=C(c3ccc(Cl)cc3)C[C@H]2c2ccco2)c1. The molecule has 2 aromatic carbocycles. The van der Waals surface area contributed by atoms with Crippen LogP contribution in [-0.4, -0.2) is 29.5 Å². The van der Waals surface area contributed by atoms with Gasteiger partial charge in [0.25, 0.3) is 5.91 Å². The summed E-state index contributed by atoms with van der Waals surface area (Å²) in [6.45, 7) is -0.211. The largest absolute Gasteiger partial charge is 0.484 e. The zero-order valence-corrected chi connectivity index (χ0v) is 16.1. The monoisotopic (exact) mass is 408 g/mol. The predicted octanol–water partition coefficient (Wildman–Crippen LogP) is 4.50. The average molecular weight is 409 g/mol. The molecule has 2 heterocycles. The van der Waals surface area contributed by atoms with E-state index in [9.17, 15) is 9.59 Å². The Morgan fingerprint density at radius 3 is 2.76 bits per heavy atom. The van der Waals surface area contributed by atoms with E-state index >= 15 is 0 Å². The highest BCUT2D eigenvalue weighted by Crippen LogP contribution is 2.33. The van der Waals surface area contributed by atoms with E-state index in [0.29, 0.717) is 28.5 Å². The molecule has 1 atom stereocenters. The predicted molar refractivity (Wildman–Crippen MR) is 108 cm³/mol. The normalized spacial score (nSPS) is 15.8. The highest BCUT2D eigenvalue weighted by Gasteiger charge is 2.35. The Hall–Kier alpha value is -3.38. The number of halogens is 1. The summed E-state index contributed by atoms with van der Waals surface area (Å²) >= 11 is 5.97. The van der Waals surface area contributed by atoms with Crippen LogP contribution in [0.1, 0.15) is 34.1 Å². The minimum atomic E-state index is -0.354. The van der Waals surface area contributed by atoms with E-state index in [1.165, 1.54) is 5.01 Å². The number of amides is 1. The lowest BCUT2D eigenvalue weighted by Crippen LogP contribution is -2.31. The third-order valence-electron chi connectivity index (χ3n) is 4.57. The van der Waals surface area contributed by atoms with Crippen LogP contribution < -0.4 is 4.74 Å². The highest BCUT2D eigenvalue weighted by molar-refractivity contribution is 6.30. The zero-order valence-electron chi connectivity index (χ0n) is 15.3. The first-order chi connectivity index (χ1) is 14.1. The second-order valence-corrected chi connectivity index (χ2v) is 6.94. The molecule has 7 heteroatoms. The quantitative estimate of drug-likeness (QED) is 0.563. The Morgan fingerprint density at radius 1 is 1.21 bits per heavy atom. The zero-order chi connectivity index (χ0) is 20.2. The van der Waals surface area contributed by atoms with E-state index in [1.807, 2.05) is 18.2 Å². The molecule has 3 aromatic rings. The Labute approximate surface area is 172 Å². The van der Waals surface area contributed by atoms with Gasteiger partial charge in [-0.05, 0) is 42.0 Å².